The van der Waals surface area contributed by atoms with Gasteiger partial charge in [-0.3, -0.25) is 5.84 Å². The number of nitrogens with zero attached hydrogens (tertiary/aromatic N) is 2. The van der Waals surface area contributed by atoms with E-state index >= 15 is 0 Å². The van der Waals surface area contributed by atoms with Crippen molar-refractivity contribution < 1.29 is 0 Å². The van der Waals surface area contributed by atoms with Gasteiger partial charge < -0.3 is 16.8 Å². The van der Waals surface area contributed by atoms with E-state index in [1.54, 1.807) is 14.0 Å². The van der Waals surface area contributed by atoms with E-state index in [4.69, 9.17) is 17.3 Å². The normalized spacial score (nSPS) is 24.0. The number of hydrazine groups is 1. The second-order valence-electron chi connectivity index (χ2n) is 2.75. The summed E-state index contributed by atoms with van der Waals surface area (Å²) in [6, 6.07) is 0. The highest BCUT2D eigenvalue weighted by Gasteiger charge is 2.20. The Bertz CT molecular complexity index is 240. The molecule has 6 nitrogen and oxygen atoms in total. The fourth-order valence-corrected chi connectivity index (χ4v) is 1.00. The molecule has 0 amide bonds. The first kappa shape index (κ1) is 8.82. The van der Waals surface area contributed by atoms with Crippen molar-refractivity contribution in [2.45, 2.75) is 13.1 Å². The van der Waals surface area contributed by atoms with Gasteiger partial charge in [0.1, 0.15) is 11.7 Å². The average Bonchev–Trinajstić information content (AvgIpc) is 1.96. The molecule has 68 valence electrons. The van der Waals surface area contributed by atoms with Crippen LogP contribution in [0.5, 0.6) is 0 Å². The molecule has 0 saturated heterocycles. The first-order chi connectivity index (χ1) is 5.52. The summed E-state index contributed by atoms with van der Waals surface area (Å²) in [6.45, 7) is 1.80. The van der Waals surface area contributed by atoms with Crippen molar-refractivity contribution in [2.24, 2.45) is 22.3 Å². The van der Waals surface area contributed by atoms with Crippen molar-refractivity contribution in [3.63, 3.8) is 0 Å². The molecular weight excluding hydrogens is 156 g/mol. The van der Waals surface area contributed by atoms with Gasteiger partial charge in [0.05, 0.1) is 5.70 Å². The topological polar surface area (TPSA) is 106 Å². The first-order valence-corrected chi connectivity index (χ1v) is 3.56. The molecular formula is C6H14N6. The second-order valence-corrected chi connectivity index (χ2v) is 2.75. The number of rotatable bonds is 1. The molecule has 0 saturated carbocycles. The van der Waals surface area contributed by atoms with E-state index in [1.165, 1.54) is 5.01 Å². The number of amidine groups is 1. The second kappa shape index (κ2) is 3.00. The highest BCUT2D eigenvalue weighted by Crippen LogP contribution is 2.08. The minimum absolute atomic E-state index is 0.355. The molecule has 0 spiro atoms. The molecule has 1 unspecified atom stereocenters. The Hall–Kier alpha value is -1.27. The maximum absolute atomic E-state index is 5.65. The van der Waals surface area contributed by atoms with Crippen LogP contribution in [-0.4, -0.2) is 24.1 Å². The highest BCUT2D eigenvalue weighted by molar-refractivity contribution is 5.82. The lowest BCUT2D eigenvalue weighted by molar-refractivity contribution is 0.281. The van der Waals surface area contributed by atoms with Crippen LogP contribution in [0.2, 0.25) is 0 Å². The predicted molar refractivity (Wildman–Crippen MR) is 47.4 cm³/mol. The zero-order valence-corrected chi connectivity index (χ0v) is 7.20. The molecule has 0 bridgehead atoms. The summed E-state index contributed by atoms with van der Waals surface area (Å²) in [5.41, 5.74) is 11.7. The monoisotopic (exact) mass is 170 g/mol. The van der Waals surface area contributed by atoms with Crippen molar-refractivity contribution in [2.75, 3.05) is 7.05 Å². The molecule has 1 heterocycles. The van der Waals surface area contributed by atoms with E-state index in [-0.39, 0.29) is 6.17 Å². The van der Waals surface area contributed by atoms with Crippen molar-refractivity contribution in [1.29, 1.82) is 0 Å². The fraction of sp³-hybridized carbons (Fsp3) is 0.500. The average molecular weight is 170 g/mol. The van der Waals surface area contributed by atoms with Gasteiger partial charge in [-0.2, -0.15) is 0 Å². The predicted octanol–water partition coefficient (Wildman–Crippen LogP) is -1.77. The van der Waals surface area contributed by atoms with Gasteiger partial charge in [0.25, 0.3) is 0 Å². The van der Waals surface area contributed by atoms with Gasteiger partial charge in [0.2, 0.25) is 0 Å². The molecule has 1 aliphatic heterocycles. The molecule has 0 aliphatic carbocycles. The van der Waals surface area contributed by atoms with Crippen molar-refractivity contribution >= 4 is 5.84 Å². The van der Waals surface area contributed by atoms with Crippen LogP contribution in [0, 0.1) is 0 Å². The van der Waals surface area contributed by atoms with E-state index < -0.39 is 0 Å². The van der Waals surface area contributed by atoms with Crippen LogP contribution < -0.4 is 22.6 Å². The van der Waals surface area contributed by atoms with Crippen molar-refractivity contribution in [3.8, 4) is 0 Å². The number of nitrogens with two attached hydrogens (primary N) is 3. The SMILES string of the molecule is CC1=NC(N(C)N)C(N)=C(N)N1. The molecule has 0 radical (unpaired) electrons. The number of hydrogen-bond donors (Lipinski definition) is 4. The summed E-state index contributed by atoms with van der Waals surface area (Å²) in [7, 11) is 1.69. The van der Waals surface area contributed by atoms with E-state index in [0.29, 0.717) is 17.4 Å². The minimum Gasteiger partial charge on any atom is -0.396 e. The maximum Gasteiger partial charge on any atom is 0.159 e. The highest BCUT2D eigenvalue weighted by atomic mass is 15.5. The Morgan fingerprint density at radius 2 is 2.08 bits per heavy atom. The molecule has 0 fully saturated rings. The molecule has 0 aromatic heterocycles. The van der Waals surface area contributed by atoms with Gasteiger partial charge in [0, 0.05) is 7.05 Å². The number of hydrogen-bond acceptors (Lipinski definition) is 6. The lowest BCUT2D eigenvalue weighted by atomic mass is 10.3. The summed E-state index contributed by atoms with van der Waals surface area (Å²) >= 11 is 0. The van der Waals surface area contributed by atoms with E-state index in [0.717, 1.165) is 0 Å². The summed E-state index contributed by atoms with van der Waals surface area (Å²) in [5, 5.41) is 4.22. The van der Waals surface area contributed by atoms with Crippen LogP contribution in [0.15, 0.2) is 16.5 Å². The molecule has 12 heavy (non-hydrogen) atoms. The quantitative estimate of drug-likeness (QED) is 0.275. The van der Waals surface area contributed by atoms with Crippen LogP contribution in [-0.2, 0) is 0 Å². The number of aliphatic imine (C=N–C) groups is 1. The number of nitrogens with one attached hydrogen (secondary N) is 1. The van der Waals surface area contributed by atoms with Gasteiger partial charge >= 0.3 is 0 Å². The van der Waals surface area contributed by atoms with Crippen LogP contribution in [0.1, 0.15) is 6.92 Å². The molecule has 1 aliphatic rings. The molecule has 0 aromatic rings. The van der Waals surface area contributed by atoms with Crippen LogP contribution in [0.4, 0.5) is 0 Å². The third-order valence-electron chi connectivity index (χ3n) is 1.61. The van der Waals surface area contributed by atoms with Crippen molar-refractivity contribution in [3.05, 3.63) is 11.5 Å². The Morgan fingerprint density at radius 1 is 1.50 bits per heavy atom. The summed E-state index contributed by atoms with van der Waals surface area (Å²) in [4.78, 5) is 4.16. The third-order valence-corrected chi connectivity index (χ3v) is 1.61. The zero-order valence-electron chi connectivity index (χ0n) is 7.20. The molecule has 1 atom stereocenters. The summed E-state index contributed by atoms with van der Waals surface area (Å²) in [5.74, 6) is 6.64. The van der Waals surface area contributed by atoms with Crippen molar-refractivity contribution in [1.82, 2.24) is 10.3 Å². The van der Waals surface area contributed by atoms with E-state index in [2.05, 4.69) is 10.3 Å². The maximum atomic E-state index is 5.65. The van der Waals surface area contributed by atoms with E-state index in [1.807, 2.05) is 0 Å². The smallest absolute Gasteiger partial charge is 0.159 e. The summed E-state index contributed by atoms with van der Waals surface area (Å²) in [6.07, 6.45) is -0.355. The fourth-order valence-electron chi connectivity index (χ4n) is 1.00. The van der Waals surface area contributed by atoms with Gasteiger partial charge in [-0.15, -0.1) is 0 Å². The van der Waals surface area contributed by atoms with Crippen LogP contribution in [0.25, 0.3) is 0 Å². The molecule has 6 heteroatoms. The van der Waals surface area contributed by atoms with Gasteiger partial charge in [-0.1, -0.05) is 0 Å². The van der Waals surface area contributed by atoms with Gasteiger partial charge in [-0.25, -0.2) is 10.0 Å². The molecule has 0 aromatic carbocycles. The lowest BCUT2D eigenvalue weighted by Crippen LogP contribution is -2.47. The Labute approximate surface area is 71.1 Å². The standard InChI is InChI=1S/C6H14N6/c1-3-10-5(8)4(7)6(11-3)12(2)9/h6H,7-9H2,1-2H3,(H,10,11). The largest absolute Gasteiger partial charge is 0.396 e. The minimum atomic E-state index is -0.355. The number of likely N-dealkylation sites (N-methyl/N-ethyl adjacent to an activating group) is 1. The lowest BCUT2D eigenvalue weighted by Gasteiger charge is -2.26. The zero-order chi connectivity index (χ0) is 9.30. The summed E-state index contributed by atoms with van der Waals surface area (Å²) < 4.78 is 0. The first-order valence-electron chi connectivity index (χ1n) is 3.56. The van der Waals surface area contributed by atoms with Gasteiger partial charge in [0.15, 0.2) is 6.17 Å². The Kier molecular flexibility index (Phi) is 2.20. The molecule has 7 N–H and O–H groups in total. The Morgan fingerprint density at radius 3 is 2.58 bits per heavy atom. The molecule has 1 rings (SSSR count). The van der Waals surface area contributed by atoms with E-state index in [9.17, 15) is 0 Å². The third kappa shape index (κ3) is 1.49. The van der Waals surface area contributed by atoms with Crippen LogP contribution in [0.3, 0.4) is 0 Å². The van der Waals surface area contributed by atoms with Gasteiger partial charge in [-0.05, 0) is 6.92 Å². The van der Waals surface area contributed by atoms with Crippen LogP contribution >= 0.6 is 0 Å². The Balaban J connectivity index is 2.90.